The van der Waals surface area contributed by atoms with Crippen molar-refractivity contribution in [1.82, 2.24) is 10.6 Å². The van der Waals surface area contributed by atoms with Crippen molar-refractivity contribution in [2.45, 2.75) is 26.3 Å². The summed E-state index contributed by atoms with van der Waals surface area (Å²) in [5.74, 6) is 0.443. The number of allylic oxidation sites excluding steroid dienone is 1. The molecule has 27 heavy (non-hydrogen) atoms. The number of urea groups is 1. The summed E-state index contributed by atoms with van der Waals surface area (Å²) in [4.78, 5) is 24.9. The molecule has 1 aliphatic rings. The van der Waals surface area contributed by atoms with Crippen LogP contribution in [0.5, 0.6) is 5.75 Å². The lowest BCUT2D eigenvalue weighted by atomic mass is 9.94. The number of carbonyl (C=O) groups is 2. The molecule has 6 nitrogen and oxygen atoms in total. The van der Waals surface area contributed by atoms with Crippen molar-refractivity contribution in [2.24, 2.45) is 0 Å². The first-order valence-electron chi connectivity index (χ1n) is 8.84. The Morgan fingerprint density at radius 3 is 2.37 bits per heavy atom. The van der Waals surface area contributed by atoms with Crippen LogP contribution < -0.4 is 20.7 Å². The molecule has 1 atom stereocenters. The second-order valence-corrected chi connectivity index (χ2v) is 6.35. The number of hydrogen-bond donors (Lipinski definition) is 3. The normalized spacial score (nSPS) is 16.4. The molecule has 3 rings (SSSR count). The standard InChI is InChI=1S/C21H23N3O3/c1-4-14-5-7-15(8-6-14)19-18(13(2)22-21(26)24-19)20(25)23-16-9-11-17(27-3)12-10-16/h5-12,19H,4H2,1-3H3,(H,23,25)(H2,22,24,26). The third kappa shape index (κ3) is 4.11. The van der Waals surface area contributed by atoms with Crippen molar-refractivity contribution in [2.75, 3.05) is 12.4 Å². The van der Waals surface area contributed by atoms with Crippen LogP contribution >= 0.6 is 0 Å². The molecule has 6 heteroatoms. The molecule has 0 saturated heterocycles. The van der Waals surface area contributed by atoms with Crippen molar-refractivity contribution in [3.05, 3.63) is 70.9 Å². The Morgan fingerprint density at radius 2 is 1.78 bits per heavy atom. The number of benzene rings is 2. The van der Waals surface area contributed by atoms with Gasteiger partial charge < -0.3 is 20.7 Å². The lowest BCUT2D eigenvalue weighted by Crippen LogP contribution is -2.45. The molecule has 0 saturated carbocycles. The fourth-order valence-electron chi connectivity index (χ4n) is 3.06. The van der Waals surface area contributed by atoms with Crippen LogP contribution in [-0.4, -0.2) is 19.0 Å². The summed E-state index contributed by atoms with van der Waals surface area (Å²) in [6.07, 6.45) is 0.929. The van der Waals surface area contributed by atoms with Crippen molar-refractivity contribution in [3.8, 4) is 5.75 Å². The summed E-state index contributed by atoms with van der Waals surface area (Å²) in [5, 5.41) is 8.42. The van der Waals surface area contributed by atoms with Gasteiger partial charge in [0, 0.05) is 11.4 Å². The topological polar surface area (TPSA) is 79.5 Å². The van der Waals surface area contributed by atoms with E-state index < -0.39 is 6.04 Å². The summed E-state index contributed by atoms with van der Waals surface area (Å²) in [6, 6.07) is 14.2. The zero-order valence-corrected chi connectivity index (χ0v) is 15.6. The van der Waals surface area contributed by atoms with Gasteiger partial charge in [0.15, 0.2) is 0 Å². The molecule has 3 amide bonds. The highest BCUT2D eigenvalue weighted by Gasteiger charge is 2.31. The molecule has 1 aliphatic heterocycles. The Labute approximate surface area is 158 Å². The van der Waals surface area contributed by atoms with E-state index in [1.165, 1.54) is 5.56 Å². The first kappa shape index (κ1) is 18.5. The molecule has 1 unspecified atom stereocenters. The average Bonchev–Trinajstić information content (AvgIpc) is 2.68. The maximum absolute atomic E-state index is 13.0. The lowest BCUT2D eigenvalue weighted by molar-refractivity contribution is -0.113. The van der Waals surface area contributed by atoms with Crippen LogP contribution in [0.3, 0.4) is 0 Å². The molecule has 1 heterocycles. The lowest BCUT2D eigenvalue weighted by Gasteiger charge is -2.28. The number of rotatable bonds is 5. The maximum atomic E-state index is 13.0. The second-order valence-electron chi connectivity index (χ2n) is 6.35. The Bertz CT molecular complexity index is 871. The Balaban J connectivity index is 1.88. The van der Waals surface area contributed by atoms with Gasteiger partial charge in [0.05, 0.1) is 18.7 Å². The number of ether oxygens (including phenoxy) is 1. The van der Waals surface area contributed by atoms with E-state index in [4.69, 9.17) is 4.74 Å². The van der Waals surface area contributed by atoms with Gasteiger partial charge in [-0.05, 0) is 48.7 Å². The molecule has 2 aromatic rings. The molecule has 3 N–H and O–H groups in total. The third-order valence-electron chi connectivity index (χ3n) is 4.58. The van der Waals surface area contributed by atoms with Gasteiger partial charge in [-0.15, -0.1) is 0 Å². The van der Waals surface area contributed by atoms with E-state index in [1.54, 1.807) is 38.3 Å². The molecule has 0 aliphatic carbocycles. The van der Waals surface area contributed by atoms with Crippen LogP contribution in [0.15, 0.2) is 59.8 Å². The maximum Gasteiger partial charge on any atom is 0.319 e. The smallest absolute Gasteiger partial charge is 0.319 e. The molecule has 0 bridgehead atoms. The Kier molecular flexibility index (Phi) is 5.45. The van der Waals surface area contributed by atoms with Crippen LogP contribution in [0.2, 0.25) is 0 Å². The van der Waals surface area contributed by atoms with Gasteiger partial charge in [-0.1, -0.05) is 31.2 Å². The van der Waals surface area contributed by atoms with E-state index in [9.17, 15) is 9.59 Å². The van der Waals surface area contributed by atoms with E-state index in [-0.39, 0.29) is 11.9 Å². The third-order valence-corrected chi connectivity index (χ3v) is 4.58. The number of nitrogens with one attached hydrogen (secondary N) is 3. The van der Waals surface area contributed by atoms with Gasteiger partial charge in [0.1, 0.15) is 5.75 Å². The monoisotopic (exact) mass is 365 g/mol. The molecule has 0 spiro atoms. The molecule has 2 aromatic carbocycles. The van der Waals surface area contributed by atoms with E-state index in [0.29, 0.717) is 22.7 Å². The van der Waals surface area contributed by atoms with Gasteiger partial charge >= 0.3 is 6.03 Å². The van der Waals surface area contributed by atoms with Crippen LogP contribution in [-0.2, 0) is 11.2 Å². The minimum Gasteiger partial charge on any atom is -0.497 e. The van der Waals surface area contributed by atoms with Gasteiger partial charge in [0.25, 0.3) is 5.91 Å². The van der Waals surface area contributed by atoms with E-state index >= 15 is 0 Å². The fraction of sp³-hybridized carbons (Fsp3) is 0.238. The van der Waals surface area contributed by atoms with Crippen molar-refractivity contribution in [3.63, 3.8) is 0 Å². The molecule has 140 valence electrons. The van der Waals surface area contributed by atoms with Gasteiger partial charge in [-0.3, -0.25) is 4.79 Å². The highest BCUT2D eigenvalue weighted by atomic mass is 16.5. The number of carbonyl (C=O) groups excluding carboxylic acids is 2. The fourth-order valence-corrected chi connectivity index (χ4v) is 3.06. The highest BCUT2D eigenvalue weighted by molar-refractivity contribution is 6.06. The minimum absolute atomic E-state index is 0.269. The Hall–Kier alpha value is -3.28. The molecule has 0 radical (unpaired) electrons. The zero-order valence-electron chi connectivity index (χ0n) is 15.6. The quantitative estimate of drug-likeness (QED) is 0.758. The summed E-state index contributed by atoms with van der Waals surface area (Å²) in [7, 11) is 1.59. The number of anilines is 1. The van der Waals surface area contributed by atoms with Crippen LogP contribution in [0, 0.1) is 0 Å². The first-order chi connectivity index (χ1) is 13.0. The van der Waals surface area contributed by atoms with Gasteiger partial charge in [-0.2, -0.15) is 0 Å². The van der Waals surface area contributed by atoms with E-state index in [0.717, 1.165) is 12.0 Å². The number of hydrogen-bond acceptors (Lipinski definition) is 3. The number of methoxy groups -OCH3 is 1. The van der Waals surface area contributed by atoms with Gasteiger partial charge in [-0.25, -0.2) is 4.79 Å². The minimum atomic E-state index is -0.511. The van der Waals surface area contributed by atoms with Crippen LogP contribution in [0.1, 0.15) is 31.0 Å². The number of aryl methyl sites for hydroxylation is 1. The largest absolute Gasteiger partial charge is 0.497 e. The summed E-state index contributed by atoms with van der Waals surface area (Å²) < 4.78 is 5.13. The molecular weight excluding hydrogens is 342 g/mol. The predicted octanol–water partition coefficient (Wildman–Crippen LogP) is 3.52. The highest BCUT2D eigenvalue weighted by Crippen LogP contribution is 2.28. The van der Waals surface area contributed by atoms with Crippen molar-refractivity contribution < 1.29 is 14.3 Å². The zero-order chi connectivity index (χ0) is 19.4. The second kappa shape index (κ2) is 7.95. The van der Waals surface area contributed by atoms with Gasteiger partial charge in [0.2, 0.25) is 0 Å². The van der Waals surface area contributed by atoms with Crippen molar-refractivity contribution >= 4 is 17.6 Å². The van der Waals surface area contributed by atoms with E-state index in [1.807, 2.05) is 24.3 Å². The van der Waals surface area contributed by atoms with Crippen LogP contribution in [0.25, 0.3) is 0 Å². The first-order valence-corrected chi connectivity index (χ1v) is 8.84. The Morgan fingerprint density at radius 1 is 1.11 bits per heavy atom. The summed E-state index contributed by atoms with van der Waals surface area (Å²) >= 11 is 0. The van der Waals surface area contributed by atoms with Crippen LogP contribution in [0.4, 0.5) is 10.5 Å². The average molecular weight is 365 g/mol. The van der Waals surface area contributed by atoms with E-state index in [2.05, 4.69) is 22.9 Å². The number of amides is 3. The molecule has 0 aromatic heterocycles. The summed E-state index contributed by atoms with van der Waals surface area (Å²) in [5.41, 5.74) is 3.73. The SMILES string of the molecule is CCc1ccc(C2NC(=O)NC(C)=C2C(=O)Nc2ccc(OC)cc2)cc1. The molecule has 0 fully saturated rings. The van der Waals surface area contributed by atoms with Crippen molar-refractivity contribution in [1.29, 1.82) is 0 Å². The molecular formula is C21H23N3O3. The predicted molar refractivity (Wildman–Crippen MR) is 105 cm³/mol. The summed E-state index contributed by atoms with van der Waals surface area (Å²) in [6.45, 7) is 3.81.